The maximum Gasteiger partial charge on any atom is 0.509 e. The summed E-state index contributed by atoms with van der Waals surface area (Å²) in [5, 5.41) is 0. The van der Waals surface area contributed by atoms with Gasteiger partial charge in [0, 0.05) is 0 Å². The SMILES string of the molecule is O=C1OC(CS(=O)(=O)c2ccccc2)C(CS(=O)(=O)c2ccccc2)O1. The van der Waals surface area contributed by atoms with Gasteiger partial charge in [0.05, 0.1) is 21.3 Å². The second kappa shape index (κ2) is 7.08. The lowest BCUT2D eigenvalue weighted by Crippen LogP contribution is -2.35. The minimum atomic E-state index is -3.77. The normalized spacial score (nSPS) is 20.4. The molecule has 1 saturated heterocycles. The molecule has 138 valence electrons. The quantitative estimate of drug-likeness (QED) is 0.686. The fourth-order valence-corrected chi connectivity index (χ4v) is 5.55. The molecule has 2 unspecified atom stereocenters. The van der Waals surface area contributed by atoms with Crippen LogP contribution >= 0.6 is 0 Å². The van der Waals surface area contributed by atoms with E-state index in [1.165, 1.54) is 24.3 Å². The summed E-state index contributed by atoms with van der Waals surface area (Å²) < 4.78 is 59.7. The molecule has 1 aliphatic rings. The van der Waals surface area contributed by atoms with E-state index in [0.29, 0.717) is 0 Å². The van der Waals surface area contributed by atoms with E-state index >= 15 is 0 Å². The minimum Gasteiger partial charge on any atom is -0.426 e. The molecule has 1 heterocycles. The highest BCUT2D eigenvalue weighted by atomic mass is 32.2. The third kappa shape index (κ3) is 4.05. The zero-order valence-corrected chi connectivity index (χ0v) is 15.1. The third-order valence-corrected chi connectivity index (χ3v) is 7.40. The van der Waals surface area contributed by atoms with Crippen molar-refractivity contribution in [2.45, 2.75) is 22.0 Å². The van der Waals surface area contributed by atoms with Gasteiger partial charge in [-0.2, -0.15) is 0 Å². The number of benzene rings is 2. The second-order valence-electron chi connectivity index (χ2n) is 5.75. The number of hydrogen-bond donors (Lipinski definition) is 0. The molecule has 0 radical (unpaired) electrons. The van der Waals surface area contributed by atoms with Crippen LogP contribution in [0, 0.1) is 0 Å². The molecule has 0 N–H and O–H groups in total. The molecule has 0 amide bonds. The Morgan fingerprint density at radius 2 is 1.00 bits per heavy atom. The van der Waals surface area contributed by atoms with Crippen molar-refractivity contribution < 1.29 is 31.1 Å². The van der Waals surface area contributed by atoms with E-state index < -0.39 is 49.5 Å². The van der Waals surface area contributed by atoms with E-state index in [-0.39, 0.29) is 9.79 Å². The number of hydrogen-bond acceptors (Lipinski definition) is 7. The molecule has 9 heteroatoms. The Labute approximate surface area is 151 Å². The van der Waals surface area contributed by atoms with Gasteiger partial charge in [-0.05, 0) is 24.3 Å². The summed E-state index contributed by atoms with van der Waals surface area (Å²) in [5.74, 6) is -1.12. The van der Waals surface area contributed by atoms with Crippen molar-refractivity contribution in [3.63, 3.8) is 0 Å². The van der Waals surface area contributed by atoms with Crippen LogP contribution in [-0.4, -0.2) is 46.7 Å². The Balaban J connectivity index is 1.80. The van der Waals surface area contributed by atoms with Crippen molar-refractivity contribution in [2.75, 3.05) is 11.5 Å². The van der Waals surface area contributed by atoms with E-state index in [1.54, 1.807) is 36.4 Å². The van der Waals surface area contributed by atoms with Crippen molar-refractivity contribution in [2.24, 2.45) is 0 Å². The first-order valence-electron chi connectivity index (χ1n) is 7.71. The average molecular weight is 396 g/mol. The van der Waals surface area contributed by atoms with Crippen molar-refractivity contribution >= 4 is 25.8 Å². The molecule has 1 fully saturated rings. The summed E-state index contributed by atoms with van der Waals surface area (Å²) in [6.07, 6.45) is -3.48. The van der Waals surface area contributed by atoms with Crippen LogP contribution in [0.1, 0.15) is 0 Å². The highest BCUT2D eigenvalue weighted by molar-refractivity contribution is 7.91. The standard InChI is InChI=1S/C17H16O7S2/c18-17-23-15(11-25(19,20)13-7-3-1-4-8-13)16(24-17)12-26(21,22)14-9-5-2-6-10-14/h1-10,15-16H,11-12H2. The summed E-state index contributed by atoms with van der Waals surface area (Å²) in [5.41, 5.74) is 0. The monoisotopic (exact) mass is 396 g/mol. The van der Waals surface area contributed by atoms with Crippen molar-refractivity contribution in [3.8, 4) is 0 Å². The molecular weight excluding hydrogens is 380 g/mol. The van der Waals surface area contributed by atoms with Gasteiger partial charge in [0.15, 0.2) is 31.9 Å². The van der Waals surface area contributed by atoms with Crippen molar-refractivity contribution in [1.82, 2.24) is 0 Å². The van der Waals surface area contributed by atoms with Crippen molar-refractivity contribution in [3.05, 3.63) is 60.7 Å². The number of rotatable bonds is 6. The Kier molecular flexibility index (Phi) is 5.01. The zero-order chi connectivity index (χ0) is 18.8. The lowest BCUT2D eigenvalue weighted by molar-refractivity contribution is 0.119. The van der Waals surface area contributed by atoms with Crippen LogP contribution in [-0.2, 0) is 29.1 Å². The van der Waals surface area contributed by atoms with E-state index in [0.717, 1.165) is 0 Å². The topological polar surface area (TPSA) is 104 Å². The van der Waals surface area contributed by atoms with Gasteiger partial charge < -0.3 is 9.47 Å². The summed E-state index contributed by atoms with van der Waals surface area (Å²) in [7, 11) is -7.54. The molecule has 2 aromatic rings. The number of carbonyl (C=O) groups is 1. The first-order valence-corrected chi connectivity index (χ1v) is 11.0. The predicted octanol–water partition coefficient (Wildman–Crippen LogP) is 1.84. The summed E-state index contributed by atoms with van der Waals surface area (Å²) in [6.45, 7) is 0. The molecule has 2 atom stereocenters. The molecule has 1 aliphatic heterocycles. The fourth-order valence-electron chi connectivity index (χ4n) is 2.59. The van der Waals surface area contributed by atoms with Gasteiger partial charge in [0.25, 0.3) is 0 Å². The molecular formula is C17H16O7S2. The maximum absolute atomic E-state index is 12.5. The van der Waals surface area contributed by atoms with Gasteiger partial charge in [-0.3, -0.25) is 0 Å². The van der Waals surface area contributed by atoms with Gasteiger partial charge in [-0.15, -0.1) is 0 Å². The highest BCUT2D eigenvalue weighted by Gasteiger charge is 2.42. The number of cyclic esters (lactones) is 2. The Hall–Kier alpha value is -2.39. The number of carbonyl (C=O) groups excluding carboxylic acids is 1. The minimum absolute atomic E-state index is 0.0626. The predicted molar refractivity (Wildman–Crippen MR) is 92.1 cm³/mol. The molecule has 7 nitrogen and oxygen atoms in total. The van der Waals surface area contributed by atoms with Crippen LogP contribution < -0.4 is 0 Å². The molecule has 3 rings (SSSR count). The number of ether oxygens (including phenoxy) is 2. The largest absolute Gasteiger partial charge is 0.509 e. The molecule has 0 aliphatic carbocycles. The lowest BCUT2D eigenvalue weighted by Gasteiger charge is -2.16. The first kappa shape index (κ1) is 18.4. The van der Waals surface area contributed by atoms with Gasteiger partial charge >= 0.3 is 6.16 Å². The Morgan fingerprint density at radius 3 is 1.35 bits per heavy atom. The van der Waals surface area contributed by atoms with Crippen molar-refractivity contribution in [1.29, 1.82) is 0 Å². The lowest BCUT2D eigenvalue weighted by atomic mass is 10.3. The van der Waals surface area contributed by atoms with E-state index in [1.807, 2.05) is 0 Å². The van der Waals surface area contributed by atoms with Crippen LogP contribution in [0.3, 0.4) is 0 Å². The average Bonchev–Trinajstić information content (AvgIpc) is 2.94. The van der Waals surface area contributed by atoms with Crippen LogP contribution in [0.5, 0.6) is 0 Å². The van der Waals surface area contributed by atoms with Crippen LogP contribution in [0.2, 0.25) is 0 Å². The molecule has 0 aromatic heterocycles. The third-order valence-electron chi connectivity index (χ3n) is 3.88. The second-order valence-corrected chi connectivity index (χ2v) is 9.82. The summed E-state index contributed by atoms with van der Waals surface area (Å²) in [4.78, 5) is 11.6. The molecule has 26 heavy (non-hydrogen) atoms. The van der Waals surface area contributed by atoms with Crippen LogP contribution in [0.25, 0.3) is 0 Å². The van der Waals surface area contributed by atoms with E-state index in [2.05, 4.69) is 0 Å². The summed E-state index contributed by atoms with van der Waals surface area (Å²) >= 11 is 0. The highest BCUT2D eigenvalue weighted by Crippen LogP contribution is 2.24. The molecule has 0 bridgehead atoms. The Morgan fingerprint density at radius 1 is 0.654 bits per heavy atom. The first-order chi connectivity index (χ1) is 12.3. The molecule has 0 spiro atoms. The van der Waals surface area contributed by atoms with Gasteiger partial charge in [0.2, 0.25) is 0 Å². The van der Waals surface area contributed by atoms with E-state index in [9.17, 15) is 21.6 Å². The van der Waals surface area contributed by atoms with Crippen LogP contribution in [0.15, 0.2) is 70.5 Å². The Bertz CT molecular complexity index is 902. The molecule has 0 saturated carbocycles. The van der Waals surface area contributed by atoms with Crippen LogP contribution in [0.4, 0.5) is 4.79 Å². The summed E-state index contributed by atoms with van der Waals surface area (Å²) in [6, 6.07) is 15.3. The van der Waals surface area contributed by atoms with E-state index in [4.69, 9.17) is 9.47 Å². The van der Waals surface area contributed by atoms with Gasteiger partial charge in [-0.1, -0.05) is 36.4 Å². The smallest absolute Gasteiger partial charge is 0.426 e. The molecule has 2 aromatic carbocycles. The van der Waals surface area contributed by atoms with Gasteiger partial charge in [-0.25, -0.2) is 21.6 Å². The fraction of sp³-hybridized carbons (Fsp3) is 0.235. The zero-order valence-electron chi connectivity index (χ0n) is 13.5. The number of sulfone groups is 2. The van der Waals surface area contributed by atoms with Gasteiger partial charge in [0.1, 0.15) is 0 Å². The maximum atomic E-state index is 12.5.